The summed E-state index contributed by atoms with van der Waals surface area (Å²) in [5, 5.41) is 4.29. The molecular weight excluding hydrogens is 352 g/mol. The Labute approximate surface area is 162 Å². The predicted molar refractivity (Wildman–Crippen MR) is 109 cm³/mol. The summed E-state index contributed by atoms with van der Waals surface area (Å²) in [4.78, 5) is 12.4. The maximum Gasteiger partial charge on any atom is 0.389 e. The molecule has 0 amide bonds. The molecule has 0 saturated carbocycles. The van der Waals surface area contributed by atoms with Gasteiger partial charge in [0.25, 0.3) is 0 Å². The van der Waals surface area contributed by atoms with E-state index in [0.29, 0.717) is 11.5 Å². The van der Waals surface area contributed by atoms with Crippen molar-refractivity contribution in [3.63, 3.8) is 0 Å². The number of hydrogen-bond acceptors (Lipinski definition) is 4. The number of carbonyl (C=O) groups is 1. The van der Waals surface area contributed by atoms with E-state index >= 15 is 0 Å². The number of rotatable bonds is 2. The van der Waals surface area contributed by atoms with Gasteiger partial charge in [0, 0.05) is 11.1 Å². The third-order valence-electron chi connectivity index (χ3n) is 4.98. The zero-order valence-electron chi connectivity index (χ0n) is 15.3. The molecule has 0 spiro atoms. The average Bonchev–Trinajstić information content (AvgIpc) is 2.91. The Hall–Kier alpha value is -3.53. The van der Waals surface area contributed by atoms with Crippen LogP contribution in [0.25, 0.3) is 32.7 Å². The van der Waals surface area contributed by atoms with Gasteiger partial charge in [-0.2, -0.15) is 0 Å². The summed E-state index contributed by atoms with van der Waals surface area (Å²) in [7, 11) is 0. The molecule has 1 heterocycles. The molecule has 0 fully saturated rings. The first-order valence-electron chi connectivity index (χ1n) is 9.30. The van der Waals surface area contributed by atoms with Crippen molar-refractivity contribution in [1.82, 2.24) is 0 Å². The molecule has 1 aliphatic rings. The second-order valence-electron chi connectivity index (χ2n) is 6.64. The fourth-order valence-corrected chi connectivity index (χ4v) is 3.78. The van der Waals surface area contributed by atoms with Crippen molar-refractivity contribution in [2.24, 2.45) is 0 Å². The maximum atomic E-state index is 12.4. The Morgan fingerprint density at radius 3 is 1.79 bits per heavy atom. The highest BCUT2D eigenvalue weighted by Gasteiger charge is 2.31. The summed E-state index contributed by atoms with van der Waals surface area (Å²) >= 11 is 0. The highest BCUT2D eigenvalue weighted by molar-refractivity contribution is 6.10. The van der Waals surface area contributed by atoms with Gasteiger partial charge in [-0.15, -0.1) is 0 Å². The molecule has 5 rings (SSSR count). The summed E-state index contributed by atoms with van der Waals surface area (Å²) < 4.78 is 17.2. The van der Waals surface area contributed by atoms with Gasteiger partial charge in [-0.25, -0.2) is 4.79 Å². The largest absolute Gasteiger partial charge is 0.460 e. The number of fused-ring (bicyclic) bond motifs is 7. The van der Waals surface area contributed by atoms with Crippen molar-refractivity contribution in [2.45, 2.75) is 13.2 Å². The van der Waals surface area contributed by atoms with E-state index in [-0.39, 0.29) is 6.61 Å². The summed E-state index contributed by atoms with van der Waals surface area (Å²) in [6.45, 7) is 2.02. The van der Waals surface area contributed by atoms with Crippen molar-refractivity contribution in [3.8, 4) is 22.6 Å². The first-order chi connectivity index (χ1) is 13.8. The van der Waals surface area contributed by atoms with E-state index in [4.69, 9.17) is 14.2 Å². The molecule has 1 aliphatic heterocycles. The molecule has 0 saturated heterocycles. The van der Waals surface area contributed by atoms with Crippen molar-refractivity contribution in [3.05, 3.63) is 72.8 Å². The van der Waals surface area contributed by atoms with Crippen molar-refractivity contribution < 1.29 is 19.0 Å². The van der Waals surface area contributed by atoms with Crippen molar-refractivity contribution >= 4 is 27.5 Å². The van der Waals surface area contributed by atoms with Crippen LogP contribution in [0.1, 0.15) is 6.92 Å². The second kappa shape index (κ2) is 6.57. The van der Waals surface area contributed by atoms with Crippen LogP contribution in [0.4, 0.5) is 0 Å². The van der Waals surface area contributed by atoms with Crippen LogP contribution in [-0.2, 0) is 9.53 Å². The minimum atomic E-state index is -1.15. The lowest BCUT2D eigenvalue weighted by Gasteiger charge is -2.17. The van der Waals surface area contributed by atoms with Crippen LogP contribution in [0.15, 0.2) is 72.8 Å². The second-order valence-corrected chi connectivity index (χ2v) is 6.64. The van der Waals surface area contributed by atoms with Gasteiger partial charge in [-0.05, 0) is 40.6 Å². The Balaban J connectivity index is 1.86. The number of esters is 1. The highest BCUT2D eigenvalue weighted by atomic mass is 16.7. The lowest BCUT2D eigenvalue weighted by atomic mass is 9.92. The standard InChI is InChI=1S/C24H18O4/c1-2-26-23(25)24-27-19-13-11-15-7-3-5-9-17(15)21(19)22-18-10-6-4-8-16(18)12-14-20(22)28-24/h3-14,24H,2H2,1H3. The molecular formula is C24H18O4. The summed E-state index contributed by atoms with van der Waals surface area (Å²) in [5.74, 6) is 0.668. The van der Waals surface area contributed by atoms with Crippen molar-refractivity contribution in [1.29, 1.82) is 0 Å². The maximum absolute atomic E-state index is 12.4. The third kappa shape index (κ3) is 2.57. The molecule has 0 bridgehead atoms. The van der Waals surface area contributed by atoms with Crippen LogP contribution in [0.5, 0.6) is 11.5 Å². The van der Waals surface area contributed by atoms with Crippen molar-refractivity contribution in [2.75, 3.05) is 6.61 Å². The SMILES string of the molecule is CCOC(=O)C1Oc2ccc3ccccc3c2-c2c(ccc3ccccc23)O1. The Morgan fingerprint density at radius 1 is 0.786 bits per heavy atom. The van der Waals surface area contributed by atoms with Gasteiger partial charge < -0.3 is 14.2 Å². The minimum Gasteiger partial charge on any atom is -0.460 e. The van der Waals surface area contributed by atoms with Crippen LogP contribution < -0.4 is 9.47 Å². The van der Waals surface area contributed by atoms with Gasteiger partial charge in [-0.3, -0.25) is 0 Å². The van der Waals surface area contributed by atoms with E-state index in [1.54, 1.807) is 6.92 Å². The summed E-state index contributed by atoms with van der Waals surface area (Å²) in [5.41, 5.74) is 1.85. The fraction of sp³-hybridized carbons (Fsp3) is 0.125. The highest BCUT2D eigenvalue weighted by Crippen LogP contribution is 2.47. The third-order valence-corrected chi connectivity index (χ3v) is 4.98. The fourth-order valence-electron chi connectivity index (χ4n) is 3.78. The molecule has 4 aromatic rings. The van der Waals surface area contributed by atoms with Crippen LogP contribution in [-0.4, -0.2) is 18.9 Å². The smallest absolute Gasteiger partial charge is 0.389 e. The van der Waals surface area contributed by atoms with E-state index in [0.717, 1.165) is 32.7 Å². The van der Waals surface area contributed by atoms with Crippen LogP contribution in [0.2, 0.25) is 0 Å². The molecule has 0 radical (unpaired) electrons. The molecule has 28 heavy (non-hydrogen) atoms. The normalized spacial score (nSPS) is 13.2. The number of hydrogen-bond donors (Lipinski definition) is 0. The zero-order chi connectivity index (χ0) is 19.1. The van der Waals surface area contributed by atoms with Gasteiger partial charge in [0.2, 0.25) is 0 Å². The predicted octanol–water partition coefficient (Wildman–Crippen LogP) is 5.32. The van der Waals surface area contributed by atoms with Crippen LogP contribution in [0, 0.1) is 0 Å². The van der Waals surface area contributed by atoms with E-state index < -0.39 is 12.3 Å². The zero-order valence-corrected chi connectivity index (χ0v) is 15.3. The van der Waals surface area contributed by atoms with Gasteiger partial charge >= 0.3 is 12.3 Å². The minimum absolute atomic E-state index is 0.261. The Kier molecular flexibility index (Phi) is 3.90. The number of benzene rings is 4. The molecule has 4 nitrogen and oxygen atoms in total. The van der Waals surface area contributed by atoms with E-state index in [1.165, 1.54) is 0 Å². The molecule has 0 unspecified atom stereocenters. The van der Waals surface area contributed by atoms with Gasteiger partial charge in [0.1, 0.15) is 11.5 Å². The number of carbonyl (C=O) groups excluding carboxylic acids is 1. The first kappa shape index (κ1) is 16.6. The van der Waals surface area contributed by atoms with Gasteiger partial charge in [0.15, 0.2) is 0 Å². The molecule has 0 aliphatic carbocycles. The molecule has 4 aromatic carbocycles. The monoisotopic (exact) mass is 370 g/mol. The average molecular weight is 370 g/mol. The van der Waals surface area contributed by atoms with Gasteiger partial charge in [0.05, 0.1) is 6.61 Å². The lowest BCUT2D eigenvalue weighted by Crippen LogP contribution is -2.34. The van der Waals surface area contributed by atoms with Crippen LogP contribution >= 0.6 is 0 Å². The Morgan fingerprint density at radius 2 is 1.29 bits per heavy atom. The molecule has 4 heteroatoms. The Bertz CT molecular complexity index is 1120. The van der Waals surface area contributed by atoms with E-state index in [9.17, 15) is 4.79 Å². The lowest BCUT2D eigenvalue weighted by molar-refractivity contribution is -0.164. The molecule has 0 N–H and O–H groups in total. The van der Waals surface area contributed by atoms with Gasteiger partial charge in [-0.1, -0.05) is 60.7 Å². The first-order valence-corrected chi connectivity index (χ1v) is 9.30. The van der Waals surface area contributed by atoms with E-state index in [2.05, 4.69) is 24.3 Å². The van der Waals surface area contributed by atoms with E-state index in [1.807, 2.05) is 48.5 Å². The topological polar surface area (TPSA) is 44.8 Å². The molecule has 138 valence electrons. The summed E-state index contributed by atoms with van der Waals surface area (Å²) in [6, 6.07) is 24.0. The summed E-state index contributed by atoms with van der Waals surface area (Å²) in [6.07, 6.45) is -1.15. The van der Waals surface area contributed by atoms with Crippen LogP contribution in [0.3, 0.4) is 0 Å². The molecule has 0 aromatic heterocycles. The number of ether oxygens (including phenoxy) is 3. The molecule has 0 atom stereocenters. The quantitative estimate of drug-likeness (QED) is 0.448.